The van der Waals surface area contributed by atoms with Crippen LogP contribution in [0.4, 0.5) is 28.9 Å². The maximum atomic E-state index is 15.3. The van der Waals surface area contributed by atoms with Crippen molar-refractivity contribution in [2.24, 2.45) is 0 Å². The van der Waals surface area contributed by atoms with E-state index < -0.39 is 37.1 Å². The molecule has 0 atom stereocenters. The number of carbonyl (C=O) groups excluding carboxylic acids is 1. The van der Waals surface area contributed by atoms with Gasteiger partial charge in [-0.15, -0.1) is 0 Å². The van der Waals surface area contributed by atoms with Crippen molar-refractivity contribution in [3.63, 3.8) is 0 Å². The number of amides is 1. The molecule has 1 saturated heterocycles. The second kappa shape index (κ2) is 12.3. The van der Waals surface area contributed by atoms with Crippen LogP contribution in [0.25, 0.3) is 5.57 Å². The first-order valence-corrected chi connectivity index (χ1v) is 17.1. The highest BCUT2D eigenvalue weighted by molar-refractivity contribution is 6.76. The minimum Gasteiger partial charge on any atom is -0.478 e. The average Bonchev–Trinajstić information content (AvgIpc) is 2.89. The maximum Gasteiger partial charge on any atom is 0.417 e. The van der Waals surface area contributed by atoms with Gasteiger partial charge in [0.1, 0.15) is 5.82 Å². The molecule has 218 valence electrons. The van der Waals surface area contributed by atoms with Gasteiger partial charge in [-0.25, -0.2) is 9.37 Å². The van der Waals surface area contributed by atoms with Gasteiger partial charge in [-0.1, -0.05) is 25.7 Å². The summed E-state index contributed by atoms with van der Waals surface area (Å²) < 4.78 is 68.4. The first kappa shape index (κ1) is 30.0. The van der Waals surface area contributed by atoms with Crippen molar-refractivity contribution in [2.75, 3.05) is 63.3 Å². The summed E-state index contributed by atoms with van der Waals surface area (Å²) in [6, 6.07) is 4.38. The van der Waals surface area contributed by atoms with E-state index in [1.54, 1.807) is 6.08 Å². The molecule has 2 aliphatic rings. The highest BCUT2D eigenvalue weighted by Gasteiger charge is 2.37. The Kier molecular flexibility index (Phi) is 9.21. The lowest BCUT2D eigenvalue weighted by Gasteiger charge is -2.35. The number of likely N-dealkylation sites (N-methyl/N-ethyl adjacent to an activating group) is 1. The average molecular weight is 581 g/mol. The fourth-order valence-electron chi connectivity index (χ4n) is 4.57. The number of aromatic nitrogens is 1. The van der Waals surface area contributed by atoms with Gasteiger partial charge < -0.3 is 24.6 Å². The molecule has 1 N–H and O–H groups in total. The Hall–Kier alpha value is -2.96. The monoisotopic (exact) mass is 580 g/mol. The van der Waals surface area contributed by atoms with Gasteiger partial charge in [0.25, 0.3) is 5.91 Å². The number of piperazine rings is 1. The van der Waals surface area contributed by atoms with E-state index in [2.05, 4.69) is 34.8 Å². The predicted molar refractivity (Wildman–Crippen MR) is 150 cm³/mol. The number of hydrogen-bond acceptors (Lipinski definition) is 6. The molecule has 1 aromatic carbocycles. The molecule has 1 aromatic heterocycles. The largest absolute Gasteiger partial charge is 0.478 e. The third-order valence-corrected chi connectivity index (χ3v) is 8.72. The van der Waals surface area contributed by atoms with Crippen LogP contribution in [0.5, 0.6) is 5.88 Å². The SMILES string of the molecule is CN1CCN(c2cc(F)c(C3=CCOCC3)cc2NC(=O)c2cnc(OCC[Si](C)(C)C)cc2C(F)(F)F)CC1. The van der Waals surface area contributed by atoms with Gasteiger partial charge in [0.15, 0.2) is 0 Å². The fraction of sp³-hybridized carbons (Fsp3) is 0.500. The molecule has 1 amide bonds. The van der Waals surface area contributed by atoms with E-state index in [4.69, 9.17) is 9.47 Å². The Morgan fingerprint density at radius 3 is 2.50 bits per heavy atom. The molecule has 12 heteroatoms. The number of alkyl halides is 3. The number of anilines is 2. The van der Waals surface area contributed by atoms with Crippen molar-refractivity contribution < 1.29 is 31.8 Å². The summed E-state index contributed by atoms with van der Waals surface area (Å²) in [7, 11) is 0.516. The lowest BCUT2D eigenvalue weighted by Crippen LogP contribution is -2.44. The summed E-state index contributed by atoms with van der Waals surface area (Å²) in [5.41, 5.74) is -0.104. The molecule has 0 spiro atoms. The molecule has 2 aromatic rings. The highest BCUT2D eigenvalue weighted by Crippen LogP contribution is 2.37. The molecule has 0 bridgehead atoms. The first-order valence-electron chi connectivity index (χ1n) is 13.4. The van der Waals surface area contributed by atoms with E-state index in [9.17, 15) is 18.0 Å². The van der Waals surface area contributed by atoms with E-state index in [0.717, 1.165) is 37.0 Å². The zero-order chi connectivity index (χ0) is 29.1. The third kappa shape index (κ3) is 7.61. The number of rotatable bonds is 8. The summed E-state index contributed by atoms with van der Waals surface area (Å²) in [5.74, 6) is -1.63. The lowest BCUT2D eigenvalue weighted by molar-refractivity contribution is -0.138. The van der Waals surface area contributed by atoms with E-state index in [1.165, 1.54) is 12.1 Å². The van der Waals surface area contributed by atoms with Crippen molar-refractivity contribution in [3.8, 4) is 5.88 Å². The molecule has 2 aliphatic heterocycles. The minimum absolute atomic E-state index is 0.184. The summed E-state index contributed by atoms with van der Waals surface area (Å²) in [5, 5.41) is 2.64. The lowest BCUT2D eigenvalue weighted by atomic mass is 9.99. The Morgan fingerprint density at radius 1 is 1.15 bits per heavy atom. The number of halogens is 4. The number of benzene rings is 1. The Labute approximate surface area is 233 Å². The Morgan fingerprint density at radius 2 is 1.88 bits per heavy atom. The third-order valence-electron chi connectivity index (χ3n) is 7.02. The van der Waals surface area contributed by atoms with E-state index in [0.29, 0.717) is 38.4 Å². The van der Waals surface area contributed by atoms with Gasteiger partial charge in [0, 0.05) is 52.1 Å². The topological polar surface area (TPSA) is 66.9 Å². The quantitative estimate of drug-likeness (QED) is 0.316. The van der Waals surface area contributed by atoms with E-state index >= 15 is 4.39 Å². The molecule has 0 aliphatic carbocycles. The van der Waals surface area contributed by atoms with Gasteiger partial charge in [0.05, 0.1) is 42.3 Å². The van der Waals surface area contributed by atoms with Crippen LogP contribution in [0.15, 0.2) is 30.5 Å². The van der Waals surface area contributed by atoms with Crippen molar-refractivity contribution in [3.05, 3.63) is 53.0 Å². The molecule has 40 heavy (non-hydrogen) atoms. The number of ether oxygens (including phenoxy) is 2. The standard InChI is InChI=1S/C28H36F4N4O3Si/c1-35-7-9-36(10-8-35)25-17-23(29)20(19-5-11-38-12-6-19)15-24(25)34-27(37)21-18-33-26(16-22(21)28(30,31)32)39-13-14-40(2,3)4/h5,15-18H,6-14H2,1-4H3,(H,34,37). The van der Waals surface area contributed by atoms with Crippen LogP contribution >= 0.6 is 0 Å². The summed E-state index contributed by atoms with van der Waals surface area (Å²) in [4.78, 5) is 21.4. The normalized spacial score (nSPS) is 17.0. The van der Waals surface area contributed by atoms with Crippen LogP contribution in [0.1, 0.15) is 27.9 Å². The molecular formula is C28H36F4N4O3Si. The Bertz CT molecular complexity index is 1260. The van der Waals surface area contributed by atoms with Crippen LogP contribution < -0.4 is 15.0 Å². The summed E-state index contributed by atoms with van der Waals surface area (Å²) >= 11 is 0. The fourth-order valence-corrected chi connectivity index (χ4v) is 5.29. The number of hydrogen-bond donors (Lipinski definition) is 1. The van der Waals surface area contributed by atoms with Crippen LogP contribution in [-0.4, -0.2) is 76.9 Å². The van der Waals surface area contributed by atoms with Crippen LogP contribution in [-0.2, 0) is 10.9 Å². The number of carbonyl (C=O) groups is 1. The first-order chi connectivity index (χ1) is 18.8. The summed E-state index contributed by atoms with van der Waals surface area (Å²) in [6.45, 7) is 10.0. The van der Waals surface area contributed by atoms with Gasteiger partial charge in [-0.2, -0.15) is 13.2 Å². The number of pyridine rings is 1. The van der Waals surface area contributed by atoms with E-state index in [-0.39, 0.29) is 23.7 Å². The second-order valence-electron chi connectivity index (χ2n) is 11.4. The molecule has 1 fully saturated rings. The molecule has 0 unspecified atom stereocenters. The smallest absolute Gasteiger partial charge is 0.417 e. The van der Waals surface area contributed by atoms with Crippen molar-refractivity contribution in [1.82, 2.24) is 9.88 Å². The zero-order valence-corrected chi connectivity index (χ0v) is 24.3. The molecule has 0 radical (unpaired) electrons. The highest BCUT2D eigenvalue weighted by atomic mass is 28.3. The predicted octanol–water partition coefficient (Wildman–Crippen LogP) is 5.76. The molecule has 0 saturated carbocycles. The number of nitrogens with zero attached hydrogens (tertiary/aromatic N) is 3. The maximum absolute atomic E-state index is 15.3. The summed E-state index contributed by atoms with van der Waals surface area (Å²) in [6.07, 6.45) is -1.66. The van der Waals surface area contributed by atoms with Crippen LogP contribution in [0, 0.1) is 5.82 Å². The van der Waals surface area contributed by atoms with Crippen LogP contribution in [0.2, 0.25) is 25.7 Å². The van der Waals surface area contributed by atoms with Gasteiger partial charge >= 0.3 is 6.18 Å². The van der Waals surface area contributed by atoms with Gasteiger partial charge in [-0.05, 0) is 37.2 Å². The van der Waals surface area contributed by atoms with Crippen LogP contribution in [0.3, 0.4) is 0 Å². The zero-order valence-electron chi connectivity index (χ0n) is 23.3. The number of nitrogens with one attached hydrogen (secondary N) is 1. The molecule has 7 nitrogen and oxygen atoms in total. The van der Waals surface area contributed by atoms with E-state index in [1.807, 2.05) is 11.9 Å². The van der Waals surface area contributed by atoms with Gasteiger partial charge in [-0.3, -0.25) is 4.79 Å². The van der Waals surface area contributed by atoms with Crippen molar-refractivity contribution in [1.29, 1.82) is 0 Å². The van der Waals surface area contributed by atoms with Gasteiger partial charge in [0.2, 0.25) is 5.88 Å². The Balaban J connectivity index is 1.67. The molecule has 4 rings (SSSR count). The molecular weight excluding hydrogens is 544 g/mol. The second-order valence-corrected chi connectivity index (χ2v) is 17.0. The molecule has 3 heterocycles. The van der Waals surface area contributed by atoms with Crippen molar-refractivity contribution in [2.45, 2.75) is 38.3 Å². The van der Waals surface area contributed by atoms with Crippen molar-refractivity contribution >= 4 is 30.9 Å². The minimum atomic E-state index is -4.81.